The van der Waals surface area contributed by atoms with E-state index in [2.05, 4.69) is 5.16 Å². The molecule has 0 saturated carbocycles. The third-order valence-electron chi connectivity index (χ3n) is 3.18. The Labute approximate surface area is 118 Å². The van der Waals surface area contributed by atoms with Crippen molar-refractivity contribution >= 4 is 11.7 Å². The van der Waals surface area contributed by atoms with Crippen LogP contribution >= 0.6 is 0 Å². The van der Waals surface area contributed by atoms with E-state index in [1.54, 1.807) is 13.3 Å². The molecular formula is C15H18N2O3. The zero-order chi connectivity index (χ0) is 14.5. The fourth-order valence-corrected chi connectivity index (χ4v) is 2.02. The summed E-state index contributed by atoms with van der Waals surface area (Å²) in [4.78, 5) is 18.7. The SMILES string of the molecule is CCN(/C=C1\C(=O)ON=C1c1ccccc1OC)CC. The van der Waals surface area contributed by atoms with E-state index in [1.165, 1.54) is 0 Å². The van der Waals surface area contributed by atoms with Gasteiger partial charge in [-0.1, -0.05) is 17.3 Å². The van der Waals surface area contributed by atoms with Crippen LogP contribution in [0.2, 0.25) is 0 Å². The van der Waals surface area contributed by atoms with Gasteiger partial charge in [0.05, 0.1) is 7.11 Å². The van der Waals surface area contributed by atoms with Gasteiger partial charge in [-0.05, 0) is 26.0 Å². The molecule has 0 aromatic heterocycles. The number of hydrogen-bond acceptors (Lipinski definition) is 5. The average molecular weight is 274 g/mol. The summed E-state index contributed by atoms with van der Waals surface area (Å²) < 4.78 is 5.31. The number of oxime groups is 1. The number of benzene rings is 1. The first-order valence-corrected chi connectivity index (χ1v) is 6.60. The number of carbonyl (C=O) groups is 1. The third kappa shape index (κ3) is 2.66. The van der Waals surface area contributed by atoms with Gasteiger partial charge in [0.25, 0.3) is 0 Å². The Balaban J connectivity index is 2.42. The van der Waals surface area contributed by atoms with Crippen molar-refractivity contribution in [2.24, 2.45) is 5.16 Å². The van der Waals surface area contributed by atoms with Crippen molar-refractivity contribution in [3.8, 4) is 5.75 Å². The van der Waals surface area contributed by atoms with Gasteiger partial charge in [-0.2, -0.15) is 0 Å². The van der Waals surface area contributed by atoms with Crippen LogP contribution in [0.15, 0.2) is 41.2 Å². The van der Waals surface area contributed by atoms with Crippen molar-refractivity contribution in [3.05, 3.63) is 41.6 Å². The number of nitrogens with zero attached hydrogens (tertiary/aromatic N) is 2. The van der Waals surface area contributed by atoms with E-state index in [9.17, 15) is 4.79 Å². The first kappa shape index (κ1) is 14.1. The van der Waals surface area contributed by atoms with E-state index < -0.39 is 5.97 Å². The van der Waals surface area contributed by atoms with Crippen LogP contribution in [0, 0.1) is 0 Å². The molecule has 0 aliphatic carbocycles. The molecule has 0 radical (unpaired) electrons. The lowest BCUT2D eigenvalue weighted by Gasteiger charge is -2.16. The van der Waals surface area contributed by atoms with Crippen LogP contribution in [0.1, 0.15) is 19.4 Å². The molecule has 0 N–H and O–H groups in total. The van der Waals surface area contributed by atoms with E-state index >= 15 is 0 Å². The Morgan fingerprint density at radius 2 is 2.00 bits per heavy atom. The quantitative estimate of drug-likeness (QED) is 0.610. The highest BCUT2D eigenvalue weighted by Crippen LogP contribution is 2.25. The molecule has 5 nitrogen and oxygen atoms in total. The Morgan fingerprint density at radius 3 is 2.65 bits per heavy atom. The fraction of sp³-hybridized carbons (Fsp3) is 0.333. The Bertz CT molecular complexity index is 560. The monoisotopic (exact) mass is 274 g/mol. The number of para-hydroxylation sites is 1. The van der Waals surface area contributed by atoms with E-state index in [0.717, 1.165) is 18.7 Å². The van der Waals surface area contributed by atoms with Crippen molar-refractivity contribution in [2.45, 2.75) is 13.8 Å². The summed E-state index contributed by atoms with van der Waals surface area (Å²) >= 11 is 0. The van der Waals surface area contributed by atoms with Gasteiger partial charge >= 0.3 is 5.97 Å². The molecule has 20 heavy (non-hydrogen) atoms. The predicted octanol–water partition coefficient (Wildman–Crippen LogP) is 2.18. The minimum atomic E-state index is -0.433. The van der Waals surface area contributed by atoms with Crippen molar-refractivity contribution in [3.63, 3.8) is 0 Å². The van der Waals surface area contributed by atoms with Crippen molar-refractivity contribution in [2.75, 3.05) is 20.2 Å². The molecule has 0 atom stereocenters. The topological polar surface area (TPSA) is 51.1 Å². The smallest absolute Gasteiger partial charge is 0.369 e. The molecule has 0 spiro atoms. The van der Waals surface area contributed by atoms with Crippen LogP contribution in [0.25, 0.3) is 0 Å². The molecule has 2 rings (SSSR count). The van der Waals surface area contributed by atoms with Crippen molar-refractivity contribution < 1.29 is 14.4 Å². The zero-order valence-electron chi connectivity index (χ0n) is 11.9. The van der Waals surface area contributed by atoms with Gasteiger partial charge < -0.3 is 14.5 Å². The minimum absolute atomic E-state index is 0.433. The standard InChI is InChI=1S/C15H18N2O3/c1-4-17(5-2)10-12-14(16-20-15(12)18)11-8-6-7-9-13(11)19-3/h6-10H,4-5H2,1-3H3/b12-10-. The van der Waals surface area contributed by atoms with E-state index in [0.29, 0.717) is 17.0 Å². The molecular weight excluding hydrogens is 256 g/mol. The third-order valence-corrected chi connectivity index (χ3v) is 3.18. The summed E-state index contributed by atoms with van der Waals surface area (Å²) in [5.74, 6) is 0.229. The molecule has 0 unspecified atom stereocenters. The van der Waals surface area contributed by atoms with Crippen LogP contribution in [-0.2, 0) is 9.63 Å². The maximum Gasteiger partial charge on any atom is 0.369 e. The highest BCUT2D eigenvalue weighted by atomic mass is 16.7. The Hall–Kier alpha value is -2.30. The van der Waals surface area contributed by atoms with Crippen molar-refractivity contribution in [1.82, 2.24) is 4.90 Å². The number of methoxy groups -OCH3 is 1. The first-order chi connectivity index (χ1) is 9.71. The molecule has 0 fully saturated rings. The van der Waals surface area contributed by atoms with E-state index in [4.69, 9.17) is 9.57 Å². The number of ether oxygens (including phenoxy) is 1. The fourth-order valence-electron chi connectivity index (χ4n) is 2.02. The predicted molar refractivity (Wildman–Crippen MR) is 76.6 cm³/mol. The largest absolute Gasteiger partial charge is 0.496 e. The molecule has 1 heterocycles. The maximum absolute atomic E-state index is 11.9. The summed E-state index contributed by atoms with van der Waals surface area (Å²) in [6, 6.07) is 7.43. The summed E-state index contributed by atoms with van der Waals surface area (Å²) in [7, 11) is 1.59. The molecule has 1 aromatic rings. The minimum Gasteiger partial charge on any atom is -0.496 e. The second kappa shape index (κ2) is 6.23. The average Bonchev–Trinajstić information content (AvgIpc) is 2.85. The summed E-state index contributed by atoms with van der Waals surface area (Å²) in [6.07, 6.45) is 1.79. The van der Waals surface area contributed by atoms with Gasteiger partial charge in [-0.25, -0.2) is 4.79 Å². The van der Waals surface area contributed by atoms with Crippen LogP contribution in [0.5, 0.6) is 5.75 Å². The normalized spacial score (nSPS) is 16.1. The summed E-state index contributed by atoms with van der Waals surface area (Å²) in [5, 5.41) is 3.89. The van der Waals surface area contributed by atoms with E-state index in [1.807, 2.05) is 43.0 Å². The first-order valence-electron chi connectivity index (χ1n) is 6.60. The van der Waals surface area contributed by atoms with Crippen LogP contribution < -0.4 is 4.74 Å². The summed E-state index contributed by atoms with van der Waals surface area (Å²) in [6.45, 7) is 5.68. The van der Waals surface area contributed by atoms with Gasteiger partial charge in [0, 0.05) is 24.9 Å². The molecule has 1 aromatic carbocycles. The second-order valence-corrected chi connectivity index (χ2v) is 4.28. The lowest BCUT2D eigenvalue weighted by molar-refractivity contribution is -0.136. The lowest BCUT2D eigenvalue weighted by atomic mass is 10.0. The number of carbonyl (C=O) groups excluding carboxylic acids is 1. The van der Waals surface area contributed by atoms with Gasteiger partial charge in [0.2, 0.25) is 0 Å². The molecule has 0 bridgehead atoms. The van der Waals surface area contributed by atoms with Crippen LogP contribution in [0.4, 0.5) is 0 Å². The molecule has 0 amide bonds. The highest BCUT2D eigenvalue weighted by molar-refractivity contribution is 6.29. The number of hydrogen-bond donors (Lipinski definition) is 0. The van der Waals surface area contributed by atoms with Crippen LogP contribution in [0.3, 0.4) is 0 Å². The van der Waals surface area contributed by atoms with Gasteiger partial charge in [0.1, 0.15) is 17.0 Å². The molecule has 106 valence electrons. The molecule has 1 aliphatic rings. The maximum atomic E-state index is 11.9. The van der Waals surface area contributed by atoms with Gasteiger partial charge in [-0.15, -0.1) is 0 Å². The molecule has 1 aliphatic heterocycles. The zero-order valence-corrected chi connectivity index (χ0v) is 11.9. The van der Waals surface area contributed by atoms with Gasteiger partial charge in [0.15, 0.2) is 0 Å². The second-order valence-electron chi connectivity index (χ2n) is 4.28. The number of rotatable bonds is 5. The van der Waals surface area contributed by atoms with E-state index in [-0.39, 0.29) is 0 Å². The van der Waals surface area contributed by atoms with Crippen molar-refractivity contribution in [1.29, 1.82) is 0 Å². The van der Waals surface area contributed by atoms with Gasteiger partial charge in [-0.3, -0.25) is 0 Å². The van der Waals surface area contributed by atoms with Crippen LogP contribution in [-0.4, -0.2) is 36.8 Å². The molecule has 0 saturated heterocycles. The lowest BCUT2D eigenvalue weighted by Crippen LogP contribution is -2.20. The Morgan fingerprint density at radius 1 is 1.30 bits per heavy atom. The highest BCUT2D eigenvalue weighted by Gasteiger charge is 2.29. The summed E-state index contributed by atoms with van der Waals surface area (Å²) in [5.41, 5.74) is 1.72. The molecule has 5 heteroatoms. The Kier molecular flexibility index (Phi) is 4.40.